The Morgan fingerprint density at radius 3 is 2.55 bits per heavy atom. The van der Waals surface area contributed by atoms with Crippen LogP contribution in [0.5, 0.6) is 0 Å². The molecule has 3 aromatic rings. The van der Waals surface area contributed by atoms with E-state index in [4.69, 9.17) is 16.3 Å². The summed E-state index contributed by atoms with van der Waals surface area (Å²) in [6.45, 7) is 4.04. The van der Waals surface area contributed by atoms with Crippen molar-refractivity contribution in [1.82, 2.24) is 9.55 Å². The second-order valence-electron chi connectivity index (χ2n) is 6.67. The summed E-state index contributed by atoms with van der Waals surface area (Å²) in [6, 6.07) is 11.1. The molecule has 0 aliphatic heterocycles. The van der Waals surface area contributed by atoms with Crippen LogP contribution in [0, 0.1) is 19.7 Å². The molecule has 3 rings (SSSR count). The molecule has 0 aliphatic carbocycles. The second-order valence-corrected chi connectivity index (χ2v) is 7.11. The largest absolute Gasteiger partial charge is 0.453 e. The van der Waals surface area contributed by atoms with E-state index in [2.05, 4.69) is 4.98 Å². The number of halogens is 2. The Hall–Kier alpha value is -2.99. The zero-order chi connectivity index (χ0) is 21.0. The Morgan fingerprint density at radius 2 is 1.86 bits per heavy atom. The van der Waals surface area contributed by atoms with Gasteiger partial charge in [0.1, 0.15) is 11.5 Å². The number of hydrogen-bond donors (Lipinski definition) is 0. The van der Waals surface area contributed by atoms with Gasteiger partial charge in [0.15, 0.2) is 6.61 Å². The van der Waals surface area contributed by atoms with E-state index in [1.165, 1.54) is 24.4 Å². The van der Waals surface area contributed by atoms with Crippen LogP contribution in [-0.2, 0) is 17.7 Å². The van der Waals surface area contributed by atoms with E-state index >= 15 is 0 Å². The summed E-state index contributed by atoms with van der Waals surface area (Å²) in [5, 5.41) is 0.364. The Kier molecular flexibility index (Phi) is 6.44. The molecule has 0 bridgehead atoms. The Morgan fingerprint density at radius 1 is 1.14 bits per heavy atom. The maximum atomic E-state index is 13.0. The third-order valence-electron chi connectivity index (χ3n) is 4.68. The van der Waals surface area contributed by atoms with Crippen LogP contribution in [0.2, 0.25) is 5.02 Å². The number of aryl methyl sites for hydroxylation is 2. The number of nitrogens with zero attached hydrogens (tertiary/aromatic N) is 2. The molecule has 0 N–H and O–H groups in total. The average Bonchev–Trinajstić information content (AvgIpc) is 2.99. The van der Waals surface area contributed by atoms with E-state index in [1.54, 1.807) is 24.3 Å². The highest BCUT2D eigenvalue weighted by Crippen LogP contribution is 2.18. The lowest BCUT2D eigenvalue weighted by Crippen LogP contribution is -2.16. The Labute approximate surface area is 173 Å². The standard InChI is InChI=1S/C22H20ClFN2O3/c1-14-11-19(15(2)26(14)10-8-16-3-5-18(24)6-4-16)21(27)13-29-22(28)20-12-17(23)7-9-25-20/h3-7,9,11-12H,8,10,13H2,1-2H3. The number of hydrogen-bond acceptors (Lipinski definition) is 4. The van der Waals surface area contributed by atoms with E-state index in [-0.39, 0.29) is 23.9 Å². The summed E-state index contributed by atoms with van der Waals surface area (Å²) < 4.78 is 20.2. The number of ketones is 1. The molecule has 0 spiro atoms. The van der Waals surface area contributed by atoms with Crippen molar-refractivity contribution in [3.05, 3.63) is 87.7 Å². The third-order valence-corrected chi connectivity index (χ3v) is 4.91. The smallest absolute Gasteiger partial charge is 0.357 e. The van der Waals surface area contributed by atoms with Crippen molar-refractivity contribution in [1.29, 1.82) is 0 Å². The predicted molar refractivity (Wildman–Crippen MR) is 108 cm³/mol. The molecule has 5 nitrogen and oxygen atoms in total. The average molecular weight is 415 g/mol. The number of pyridine rings is 1. The van der Waals surface area contributed by atoms with Crippen LogP contribution in [0.25, 0.3) is 0 Å². The summed E-state index contributed by atoms with van der Waals surface area (Å²) in [6.07, 6.45) is 2.11. The van der Waals surface area contributed by atoms with Crippen LogP contribution in [0.15, 0.2) is 48.7 Å². The first-order valence-corrected chi connectivity index (χ1v) is 9.46. The van der Waals surface area contributed by atoms with Gasteiger partial charge >= 0.3 is 5.97 Å². The minimum Gasteiger partial charge on any atom is -0.453 e. The number of esters is 1. The van der Waals surface area contributed by atoms with Gasteiger partial charge in [-0.3, -0.25) is 4.79 Å². The monoisotopic (exact) mass is 414 g/mol. The molecule has 0 saturated heterocycles. The van der Waals surface area contributed by atoms with Gasteiger partial charge in [-0.2, -0.15) is 0 Å². The molecule has 0 fully saturated rings. The summed E-state index contributed by atoms with van der Waals surface area (Å²) in [5.41, 5.74) is 3.29. The molecule has 2 heterocycles. The van der Waals surface area contributed by atoms with E-state index < -0.39 is 5.97 Å². The van der Waals surface area contributed by atoms with Gasteiger partial charge in [-0.1, -0.05) is 23.7 Å². The normalized spacial score (nSPS) is 10.8. The van der Waals surface area contributed by atoms with E-state index in [1.807, 2.05) is 18.4 Å². The molecule has 150 valence electrons. The molecular formula is C22H20ClFN2O3. The van der Waals surface area contributed by atoms with Crippen molar-refractivity contribution in [2.24, 2.45) is 0 Å². The van der Waals surface area contributed by atoms with Gasteiger partial charge < -0.3 is 9.30 Å². The minimum absolute atomic E-state index is 0.0510. The fourth-order valence-corrected chi connectivity index (χ4v) is 3.28. The molecule has 0 atom stereocenters. The first kappa shape index (κ1) is 20.7. The topological polar surface area (TPSA) is 61.2 Å². The quantitative estimate of drug-likeness (QED) is 0.419. The molecule has 0 aliphatic rings. The fraction of sp³-hybridized carbons (Fsp3) is 0.227. The molecule has 0 radical (unpaired) electrons. The van der Waals surface area contributed by atoms with E-state index in [0.29, 0.717) is 23.6 Å². The van der Waals surface area contributed by atoms with Gasteiger partial charge in [0.05, 0.1) is 0 Å². The summed E-state index contributed by atoms with van der Waals surface area (Å²) in [4.78, 5) is 28.5. The molecule has 7 heteroatoms. The van der Waals surface area contributed by atoms with Gasteiger partial charge in [0, 0.05) is 34.7 Å². The van der Waals surface area contributed by atoms with E-state index in [0.717, 1.165) is 17.0 Å². The Balaban J connectivity index is 1.64. The zero-order valence-electron chi connectivity index (χ0n) is 16.1. The highest BCUT2D eigenvalue weighted by Gasteiger charge is 2.18. The SMILES string of the molecule is Cc1cc(C(=O)COC(=O)c2cc(Cl)ccn2)c(C)n1CCc1ccc(F)cc1. The first-order chi connectivity index (χ1) is 13.8. The Bertz CT molecular complexity index is 1040. The van der Waals surface area contributed by atoms with Crippen molar-refractivity contribution >= 4 is 23.4 Å². The maximum Gasteiger partial charge on any atom is 0.357 e. The molecule has 29 heavy (non-hydrogen) atoms. The second kappa shape index (κ2) is 9.01. The molecule has 2 aromatic heterocycles. The molecular weight excluding hydrogens is 395 g/mol. The van der Waals surface area contributed by atoms with Crippen molar-refractivity contribution in [2.75, 3.05) is 6.61 Å². The highest BCUT2D eigenvalue weighted by atomic mass is 35.5. The summed E-state index contributed by atoms with van der Waals surface area (Å²) in [5.74, 6) is -1.26. The number of rotatable bonds is 7. The lowest BCUT2D eigenvalue weighted by Gasteiger charge is -2.10. The van der Waals surface area contributed by atoms with Crippen LogP contribution in [0.1, 0.15) is 37.8 Å². The van der Waals surface area contributed by atoms with Gasteiger partial charge in [0.2, 0.25) is 5.78 Å². The number of aromatic nitrogens is 2. The predicted octanol–water partition coefficient (Wildman–Crippen LogP) is 4.57. The molecule has 0 saturated carbocycles. The van der Waals surface area contributed by atoms with Crippen LogP contribution in [0.4, 0.5) is 4.39 Å². The van der Waals surface area contributed by atoms with Crippen LogP contribution in [0.3, 0.4) is 0 Å². The fourth-order valence-electron chi connectivity index (χ4n) is 3.12. The number of carbonyl (C=O) groups is 2. The molecule has 0 amide bonds. The van der Waals surface area contributed by atoms with Gasteiger partial charge in [-0.15, -0.1) is 0 Å². The van der Waals surface area contributed by atoms with Crippen molar-refractivity contribution in [3.63, 3.8) is 0 Å². The molecule has 1 aromatic carbocycles. The summed E-state index contributed by atoms with van der Waals surface area (Å²) in [7, 11) is 0. The lowest BCUT2D eigenvalue weighted by atomic mass is 10.1. The lowest BCUT2D eigenvalue weighted by molar-refractivity contribution is 0.0468. The van der Waals surface area contributed by atoms with Crippen molar-refractivity contribution < 1.29 is 18.7 Å². The van der Waals surface area contributed by atoms with Crippen molar-refractivity contribution in [3.8, 4) is 0 Å². The number of Topliss-reactive ketones (excluding diaryl/α,β-unsaturated/α-hetero) is 1. The number of carbonyl (C=O) groups excluding carboxylic acids is 2. The maximum absolute atomic E-state index is 13.0. The summed E-state index contributed by atoms with van der Waals surface area (Å²) >= 11 is 5.83. The van der Waals surface area contributed by atoms with Crippen LogP contribution < -0.4 is 0 Å². The minimum atomic E-state index is -0.703. The molecule has 0 unspecified atom stereocenters. The first-order valence-electron chi connectivity index (χ1n) is 9.08. The van der Waals surface area contributed by atoms with Gasteiger partial charge in [-0.25, -0.2) is 14.2 Å². The van der Waals surface area contributed by atoms with Crippen molar-refractivity contribution in [2.45, 2.75) is 26.8 Å². The van der Waals surface area contributed by atoms with Gasteiger partial charge in [0.25, 0.3) is 0 Å². The number of ether oxygens (including phenoxy) is 1. The van der Waals surface area contributed by atoms with E-state index in [9.17, 15) is 14.0 Å². The zero-order valence-corrected chi connectivity index (χ0v) is 16.9. The van der Waals surface area contributed by atoms with Crippen LogP contribution >= 0.6 is 11.6 Å². The third kappa shape index (κ3) is 5.09. The van der Waals surface area contributed by atoms with Gasteiger partial charge in [-0.05, 0) is 56.2 Å². The highest BCUT2D eigenvalue weighted by molar-refractivity contribution is 6.30. The van der Waals surface area contributed by atoms with Crippen LogP contribution in [-0.4, -0.2) is 27.9 Å². The number of benzene rings is 1.